The van der Waals surface area contributed by atoms with Crippen LogP contribution in [-0.4, -0.2) is 29.7 Å². The summed E-state index contributed by atoms with van der Waals surface area (Å²) in [6.07, 6.45) is 2.85. The van der Waals surface area contributed by atoms with E-state index in [4.69, 9.17) is 9.47 Å². The molecule has 0 bridgehead atoms. The first-order valence-electron chi connectivity index (χ1n) is 8.02. The third-order valence-corrected chi connectivity index (χ3v) is 3.38. The number of fused-ring (bicyclic) bond motifs is 1. The summed E-state index contributed by atoms with van der Waals surface area (Å²) in [5.74, 6) is -0.904. The summed E-state index contributed by atoms with van der Waals surface area (Å²) in [4.78, 5) is 35.1. The quantitative estimate of drug-likeness (QED) is 0.454. The van der Waals surface area contributed by atoms with E-state index in [0.717, 1.165) is 0 Å². The molecule has 0 aromatic heterocycles. The standard InChI is InChI=1S/C19H22O5/c1-19(2,3)24-17(21)10-6-7-11-23-16-12-15(20)18(22)14-9-5-4-8-13(14)16/h4-5,8-9,12H,6-7,10-11H2,1-3H3. The molecule has 24 heavy (non-hydrogen) atoms. The van der Waals surface area contributed by atoms with Crippen LogP contribution in [0.25, 0.3) is 5.76 Å². The second-order valence-electron chi connectivity index (χ2n) is 6.64. The van der Waals surface area contributed by atoms with E-state index in [1.165, 1.54) is 6.08 Å². The molecule has 0 spiro atoms. The number of ether oxygens (including phenoxy) is 2. The molecule has 2 rings (SSSR count). The first-order chi connectivity index (χ1) is 11.3. The zero-order valence-electron chi connectivity index (χ0n) is 14.3. The fourth-order valence-electron chi connectivity index (χ4n) is 2.36. The monoisotopic (exact) mass is 330 g/mol. The molecule has 1 aromatic carbocycles. The highest BCUT2D eigenvalue weighted by atomic mass is 16.6. The highest BCUT2D eigenvalue weighted by Gasteiger charge is 2.26. The van der Waals surface area contributed by atoms with Crippen LogP contribution in [0.1, 0.15) is 56.0 Å². The van der Waals surface area contributed by atoms with Crippen LogP contribution < -0.4 is 0 Å². The van der Waals surface area contributed by atoms with Crippen molar-refractivity contribution < 1.29 is 23.9 Å². The molecule has 1 aliphatic rings. The summed E-state index contributed by atoms with van der Waals surface area (Å²) in [6, 6.07) is 6.88. The van der Waals surface area contributed by atoms with Gasteiger partial charge in [0, 0.05) is 23.6 Å². The molecule has 1 aromatic rings. The van der Waals surface area contributed by atoms with Gasteiger partial charge >= 0.3 is 5.97 Å². The number of hydrogen-bond donors (Lipinski definition) is 0. The third kappa shape index (κ3) is 4.78. The average Bonchev–Trinajstić information content (AvgIpc) is 2.50. The van der Waals surface area contributed by atoms with E-state index in [2.05, 4.69) is 0 Å². The number of rotatable bonds is 6. The number of esters is 1. The Bertz CT molecular complexity index is 679. The molecule has 0 N–H and O–H groups in total. The maximum Gasteiger partial charge on any atom is 0.306 e. The summed E-state index contributed by atoms with van der Waals surface area (Å²) >= 11 is 0. The highest BCUT2D eigenvalue weighted by Crippen LogP contribution is 2.26. The van der Waals surface area contributed by atoms with Gasteiger partial charge in [0.1, 0.15) is 11.4 Å². The van der Waals surface area contributed by atoms with Crippen molar-refractivity contribution in [2.24, 2.45) is 0 Å². The molecule has 0 fully saturated rings. The molecule has 0 radical (unpaired) electrons. The van der Waals surface area contributed by atoms with Gasteiger partial charge in [-0.2, -0.15) is 0 Å². The van der Waals surface area contributed by atoms with Crippen LogP contribution in [-0.2, 0) is 19.1 Å². The molecule has 0 amide bonds. The molecule has 128 valence electrons. The van der Waals surface area contributed by atoms with E-state index in [9.17, 15) is 14.4 Å². The Labute approximate surface area is 141 Å². The molecule has 0 saturated heterocycles. The average molecular weight is 330 g/mol. The molecule has 0 aliphatic heterocycles. The van der Waals surface area contributed by atoms with Crippen molar-refractivity contribution in [3.63, 3.8) is 0 Å². The number of ketones is 2. The lowest BCUT2D eigenvalue weighted by molar-refractivity contribution is -0.154. The van der Waals surface area contributed by atoms with Crippen LogP contribution in [0.5, 0.6) is 0 Å². The Morgan fingerprint density at radius 2 is 1.71 bits per heavy atom. The van der Waals surface area contributed by atoms with Crippen molar-refractivity contribution >= 4 is 23.3 Å². The molecule has 1 aliphatic carbocycles. The van der Waals surface area contributed by atoms with E-state index < -0.39 is 17.2 Å². The van der Waals surface area contributed by atoms with Gasteiger partial charge in [0.15, 0.2) is 0 Å². The summed E-state index contributed by atoms with van der Waals surface area (Å²) in [7, 11) is 0. The minimum Gasteiger partial charge on any atom is -0.493 e. The largest absolute Gasteiger partial charge is 0.493 e. The number of unbranched alkanes of at least 4 members (excludes halogenated alkanes) is 1. The van der Waals surface area contributed by atoms with Gasteiger partial charge < -0.3 is 9.47 Å². The summed E-state index contributed by atoms with van der Waals surface area (Å²) in [6.45, 7) is 5.86. The van der Waals surface area contributed by atoms with Crippen molar-refractivity contribution in [2.75, 3.05) is 6.61 Å². The number of carbonyl (C=O) groups excluding carboxylic acids is 3. The Morgan fingerprint density at radius 3 is 2.38 bits per heavy atom. The molecule has 5 nitrogen and oxygen atoms in total. The van der Waals surface area contributed by atoms with Gasteiger partial charge in [0.25, 0.3) is 0 Å². The maximum atomic E-state index is 11.8. The van der Waals surface area contributed by atoms with Crippen molar-refractivity contribution in [3.8, 4) is 0 Å². The van der Waals surface area contributed by atoms with Crippen LogP contribution in [0.3, 0.4) is 0 Å². The molecular formula is C19H22O5. The predicted octanol–water partition coefficient (Wildman–Crippen LogP) is 3.32. The van der Waals surface area contributed by atoms with Gasteiger partial charge in [-0.1, -0.05) is 24.3 Å². The second-order valence-corrected chi connectivity index (χ2v) is 6.64. The van der Waals surface area contributed by atoms with Crippen LogP contribution >= 0.6 is 0 Å². The maximum absolute atomic E-state index is 11.8. The topological polar surface area (TPSA) is 69.7 Å². The third-order valence-electron chi connectivity index (χ3n) is 3.38. The first-order valence-corrected chi connectivity index (χ1v) is 8.02. The van der Waals surface area contributed by atoms with Gasteiger partial charge in [-0.25, -0.2) is 0 Å². The van der Waals surface area contributed by atoms with Gasteiger partial charge in [-0.15, -0.1) is 0 Å². The number of Topliss-reactive ketones (excluding diaryl/α,β-unsaturated/α-hetero) is 1. The first kappa shape index (κ1) is 17.9. The van der Waals surface area contributed by atoms with Crippen molar-refractivity contribution in [3.05, 3.63) is 41.5 Å². The fourth-order valence-corrected chi connectivity index (χ4v) is 2.36. The van der Waals surface area contributed by atoms with Gasteiger partial charge in [-0.05, 0) is 33.6 Å². The predicted molar refractivity (Wildman–Crippen MR) is 89.4 cm³/mol. The Kier molecular flexibility index (Phi) is 5.54. The van der Waals surface area contributed by atoms with Crippen molar-refractivity contribution in [1.82, 2.24) is 0 Å². The smallest absolute Gasteiger partial charge is 0.306 e. The number of allylic oxidation sites excluding steroid dienone is 1. The van der Waals surface area contributed by atoms with E-state index >= 15 is 0 Å². The summed E-state index contributed by atoms with van der Waals surface area (Å²) in [5.41, 5.74) is 0.528. The lowest BCUT2D eigenvalue weighted by Crippen LogP contribution is -2.23. The van der Waals surface area contributed by atoms with Crippen molar-refractivity contribution in [1.29, 1.82) is 0 Å². The van der Waals surface area contributed by atoms with Gasteiger partial charge in [0.05, 0.1) is 6.61 Å². The minimum atomic E-state index is -0.572. The summed E-state index contributed by atoms with van der Waals surface area (Å²) < 4.78 is 10.9. The number of carbonyl (C=O) groups is 3. The normalized spacial score (nSPS) is 14.0. The lowest BCUT2D eigenvalue weighted by atomic mass is 9.94. The Balaban J connectivity index is 1.83. The van der Waals surface area contributed by atoms with E-state index in [1.54, 1.807) is 24.3 Å². The Hall–Kier alpha value is -2.43. The zero-order valence-corrected chi connectivity index (χ0v) is 14.3. The molecular weight excluding hydrogens is 308 g/mol. The Morgan fingerprint density at radius 1 is 1.04 bits per heavy atom. The molecule has 5 heteroatoms. The fraction of sp³-hybridized carbons (Fsp3) is 0.421. The van der Waals surface area contributed by atoms with Gasteiger partial charge in [0.2, 0.25) is 11.6 Å². The van der Waals surface area contributed by atoms with Crippen LogP contribution in [0.4, 0.5) is 0 Å². The second kappa shape index (κ2) is 7.43. The molecule has 0 heterocycles. The van der Waals surface area contributed by atoms with Crippen LogP contribution in [0, 0.1) is 0 Å². The summed E-state index contributed by atoms with van der Waals surface area (Å²) in [5, 5.41) is 0. The van der Waals surface area contributed by atoms with Gasteiger partial charge in [-0.3, -0.25) is 14.4 Å². The zero-order chi connectivity index (χ0) is 17.7. The minimum absolute atomic E-state index is 0.231. The molecule has 0 saturated carbocycles. The van der Waals surface area contributed by atoms with Crippen LogP contribution in [0.2, 0.25) is 0 Å². The number of benzene rings is 1. The lowest BCUT2D eigenvalue weighted by Gasteiger charge is -2.19. The molecule has 0 atom stereocenters. The highest BCUT2D eigenvalue weighted by molar-refractivity contribution is 6.50. The SMILES string of the molecule is CC(C)(C)OC(=O)CCCCOC1=CC(=O)C(=O)c2ccccc21. The number of hydrogen-bond acceptors (Lipinski definition) is 5. The molecule has 0 unspecified atom stereocenters. The van der Waals surface area contributed by atoms with E-state index in [-0.39, 0.29) is 5.97 Å². The van der Waals surface area contributed by atoms with Crippen LogP contribution in [0.15, 0.2) is 30.3 Å². The van der Waals surface area contributed by atoms with E-state index in [0.29, 0.717) is 42.8 Å². The van der Waals surface area contributed by atoms with Crippen molar-refractivity contribution in [2.45, 2.75) is 45.6 Å². The van der Waals surface area contributed by atoms with E-state index in [1.807, 2.05) is 20.8 Å².